The van der Waals surface area contributed by atoms with Crippen LogP contribution in [0.4, 0.5) is 4.39 Å². The second-order valence-electron chi connectivity index (χ2n) is 4.33. The van der Waals surface area contributed by atoms with Crippen LogP contribution in [0.1, 0.15) is 11.1 Å². The fourth-order valence-corrected chi connectivity index (χ4v) is 2.44. The highest BCUT2D eigenvalue weighted by Crippen LogP contribution is 2.33. The summed E-state index contributed by atoms with van der Waals surface area (Å²) in [5.74, 6) is 0.299. The van der Waals surface area contributed by atoms with E-state index in [0.717, 1.165) is 11.1 Å². The fourth-order valence-electron chi connectivity index (χ4n) is 1.85. The molecule has 2 aromatic rings. The predicted molar refractivity (Wildman–Crippen MR) is 80.0 cm³/mol. The van der Waals surface area contributed by atoms with E-state index in [9.17, 15) is 4.39 Å². The molecule has 0 unspecified atom stereocenters. The molecule has 0 radical (unpaired) electrons. The zero-order valence-electron chi connectivity index (χ0n) is 10.7. The SMILES string of the molecule is NCCc1cc(Cl)cc(Cl)c1OCc1ccc(F)cc1. The van der Waals surface area contributed by atoms with Crippen molar-refractivity contribution in [1.82, 2.24) is 0 Å². The van der Waals surface area contributed by atoms with E-state index in [0.29, 0.717) is 35.4 Å². The Labute approximate surface area is 127 Å². The Kier molecular flexibility index (Phi) is 5.24. The van der Waals surface area contributed by atoms with Crippen molar-refractivity contribution < 1.29 is 9.13 Å². The zero-order valence-corrected chi connectivity index (χ0v) is 12.2. The molecule has 0 amide bonds. The van der Waals surface area contributed by atoms with E-state index < -0.39 is 0 Å². The third-order valence-electron chi connectivity index (χ3n) is 2.80. The van der Waals surface area contributed by atoms with Crippen molar-refractivity contribution in [3.63, 3.8) is 0 Å². The van der Waals surface area contributed by atoms with Gasteiger partial charge in [0.15, 0.2) is 0 Å². The van der Waals surface area contributed by atoms with Crippen LogP contribution in [0.5, 0.6) is 5.75 Å². The molecule has 20 heavy (non-hydrogen) atoms. The smallest absolute Gasteiger partial charge is 0.141 e. The molecule has 0 bridgehead atoms. The molecule has 0 fully saturated rings. The van der Waals surface area contributed by atoms with E-state index in [1.165, 1.54) is 12.1 Å². The van der Waals surface area contributed by atoms with Crippen LogP contribution in [-0.4, -0.2) is 6.54 Å². The summed E-state index contributed by atoms with van der Waals surface area (Å²) in [7, 11) is 0. The van der Waals surface area contributed by atoms with Gasteiger partial charge in [-0.25, -0.2) is 4.39 Å². The summed E-state index contributed by atoms with van der Waals surface area (Å²) in [4.78, 5) is 0. The van der Waals surface area contributed by atoms with Crippen LogP contribution in [0.25, 0.3) is 0 Å². The van der Waals surface area contributed by atoms with E-state index in [1.54, 1.807) is 24.3 Å². The lowest BCUT2D eigenvalue weighted by Crippen LogP contribution is -2.06. The lowest BCUT2D eigenvalue weighted by Gasteiger charge is -2.13. The van der Waals surface area contributed by atoms with Crippen LogP contribution in [-0.2, 0) is 13.0 Å². The van der Waals surface area contributed by atoms with Gasteiger partial charge in [-0.2, -0.15) is 0 Å². The van der Waals surface area contributed by atoms with Crippen molar-refractivity contribution in [2.45, 2.75) is 13.0 Å². The molecule has 2 nitrogen and oxygen atoms in total. The van der Waals surface area contributed by atoms with E-state index in [2.05, 4.69) is 0 Å². The minimum atomic E-state index is -0.276. The zero-order chi connectivity index (χ0) is 14.5. The van der Waals surface area contributed by atoms with E-state index >= 15 is 0 Å². The summed E-state index contributed by atoms with van der Waals surface area (Å²) >= 11 is 12.1. The average molecular weight is 314 g/mol. The summed E-state index contributed by atoms with van der Waals surface area (Å²) in [6, 6.07) is 9.54. The monoisotopic (exact) mass is 313 g/mol. The number of hydrogen-bond donors (Lipinski definition) is 1. The maximum absolute atomic E-state index is 12.8. The molecule has 2 rings (SSSR count). The van der Waals surface area contributed by atoms with Gasteiger partial charge in [-0.15, -0.1) is 0 Å². The van der Waals surface area contributed by atoms with Crippen molar-refractivity contribution in [1.29, 1.82) is 0 Å². The van der Waals surface area contributed by atoms with Crippen molar-refractivity contribution in [2.24, 2.45) is 5.73 Å². The average Bonchev–Trinajstić information content (AvgIpc) is 2.40. The Morgan fingerprint density at radius 2 is 1.80 bits per heavy atom. The van der Waals surface area contributed by atoms with Gasteiger partial charge in [0.25, 0.3) is 0 Å². The first kappa shape index (κ1) is 15.1. The van der Waals surface area contributed by atoms with Gasteiger partial charge in [0, 0.05) is 5.02 Å². The normalized spacial score (nSPS) is 10.6. The van der Waals surface area contributed by atoms with Crippen LogP contribution >= 0.6 is 23.2 Å². The molecule has 0 aliphatic rings. The lowest BCUT2D eigenvalue weighted by molar-refractivity contribution is 0.303. The van der Waals surface area contributed by atoms with Gasteiger partial charge >= 0.3 is 0 Å². The van der Waals surface area contributed by atoms with Crippen molar-refractivity contribution in [3.8, 4) is 5.75 Å². The molecule has 2 N–H and O–H groups in total. The number of benzene rings is 2. The highest BCUT2D eigenvalue weighted by atomic mass is 35.5. The molecule has 0 spiro atoms. The second kappa shape index (κ2) is 6.93. The Morgan fingerprint density at radius 1 is 1.10 bits per heavy atom. The first-order valence-electron chi connectivity index (χ1n) is 6.15. The van der Waals surface area contributed by atoms with Gasteiger partial charge in [-0.05, 0) is 48.4 Å². The minimum Gasteiger partial charge on any atom is -0.487 e. The fraction of sp³-hybridized carbons (Fsp3) is 0.200. The Balaban J connectivity index is 2.17. The quantitative estimate of drug-likeness (QED) is 0.897. The summed E-state index contributed by atoms with van der Waals surface area (Å²) < 4.78 is 18.6. The highest BCUT2D eigenvalue weighted by Gasteiger charge is 2.10. The molecule has 0 aliphatic heterocycles. The molecule has 106 valence electrons. The molecule has 0 heterocycles. The number of rotatable bonds is 5. The number of ether oxygens (including phenoxy) is 1. The maximum atomic E-state index is 12.8. The molecular weight excluding hydrogens is 300 g/mol. The third kappa shape index (κ3) is 3.85. The number of halogens is 3. The standard InChI is InChI=1S/C15H14Cl2FNO/c16-12-7-11(5-6-19)15(14(17)8-12)20-9-10-1-3-13(18)4-2-10/h1-4,7-8H,5-6,9,19H2. The highest BCUT2D eigenvalue weighted by molar-refractivity contribution is 6.35. The van der Waals surface area contributed by atoms with Gasteiger partial charge in [0.1, 0.15) is 18.2 Å². The van der Waals surface area contributed by atoms with E-state index in [4.69, 9.17) is 33.7 Å². The van der Waals surface area contributed by atoms with Crippen LogP contribution in [0, 0.1) is 5.82 Å². The Bertz CT molecular complexity index is 587. The van der Waals surface area contributed by atoms with E-state index in [1.807, 2.05) is 0 Å². The molecule has 5 heteroatoms. The molecule has 0 saturated carbocycles. The Morgan fingerprint density at radius 3 is 2.45 bits per heavy atom. The first-order valence-corrected chi connectivity index (χ1v) is 6.91. The van der Waals surface area contributed by atoms with Crippen LogP contribution in [0.3, 0.4) is 0 Å². The van der Waals surface area contributed by atoms with Crippen LogP contribution < -0.4 is 10.5 Å². The minimum absolute atomic E-state index is 0.276. The summed E-state index contributed by atoms with van der Waals surface area (Å²) in [6.07, 6.45) is 0.624. The van der Waals surface area contributed by atoms with Crippen LogP contribution in [0.15, 0.2) is 36.4 Å². The van der Waals surface area contributed by atoms with Gasteiger partial charge in [-0.3, -0.25) is 0 Å². The molecule has 0 atom stereocenters. The second-order valence-corrected chi connectivity index (χ2v) is 5.17. The maximum Gasteiger partial charge on any atom is 0.141 e. The van der Waals surface area contributed by atoms with Gasteiger partial charge in [0.2, 0.25) is 0 Å². The van der Waals surface area contributed by atoms with Gasteiger partial charge in [0.05, 0.1) is 5.02 Å². The Hall–Kier alpha value is -1.29. The summed E-state index contributed by atoms with van der Waals surface area (Å²) in [5.41, 5.74) is 7.30. The van der Waals surface area contributed by atoms with Crippen LogP contribution in [0.2, 0.25) is 10.0 Å². The summed E-state index contributed by atoms with van der Waals surface area (Å²) in [6.45, 7) is 0.781. The largest absolute Gasteiger partial charge is 0.487 e. The van der Waals surface area contributed by atoms with E-state index in [-0.39, 0.29) is 5.82 Å². The topological polar surface area (TPSA) is 35.2 Å². The third-order valence-corrected chi connectivity index (χ3v) is 3.29. The number of hydrogen-bond acceptors (Lipinski definition) is 2. The van der Waals surface area contributed by atoms with Crippen molar-refractivity contribution >= 4 is 23.2 Å². The van der Waals surface area contributed by atoms with Crippen molar-refractivity contribution in [3.05, 3.63) is 63.4 Å². The predicted octanol–water partition coefficient (Wildman–Crippen LogP) is 4.21. The summed E-state index contributed by atoms with van der Waals surface area (Å²) in [5, 5.41) is 0.996. The molecule has 2 aromatic carbocycles. The first-order chi connectivity index (χ1) is 9.60. The van der Waals surface area contributed by atoms with Crippen molar-refractivity contribution in [2.75, 3.05) is 6.54 Å². The van der Waals surface area contributed by atoms with Gasteiger partial charge in [-0.1, -0.05) is 35.3 Å². The molecule has 0 saturated heterocycles. The number of nitrogens with two attached hydrogens (primary N) is 1. The molecule has 0 aromatic heterocycles. The molecular formula is C15H14Cl2FNO. The van der Waals surface area contributed by atoms with Gasteiger partial charge < -0.3 is 10.5 Å². The lowest BCUT2D eigenvalue weighted by atomic mass is 10.1. The molecule has 0 aliphatic carbocycles.